The number of nitrogens with zero attached hydrogens (tertiary/aromatic N) is 1. The largest absolute Gasteiger partial charge is 0.508 e. The summed E-state index contributed by atoms with van der Waals surface area (Å²) < 4.78 is 0. The minimum absolute atomic E-state index is 0.242. The number of nitrogens with one attached hydrogen (secondary N) is 1. The lowest BCUT2D eigenvalue weighted by Gasteiger charge is -2.13. The van der Waals surface area contributed by atoms with Crippen LogP contribution in [0.25, 0.3) is 0 Å². The zero-order valence-electron chi connectivity index (χ0n) is 9.80. The van der Waals surface area contributed by atoms with E-state index in [0.717, 1.165) is 17.7 Å². The molecule has 0 bridgehead atoms. The molecule has 0 aliphatic rings. The SMILES string of the molecule is CC(NCc1cccc(O)c1)c1cccnc1. The van der Waals surface area contributed by atoms with Crippen molar-refractivity contribution in [1.29, 1.82) is 0 Å². The van der Waals surface area contributed by atoms with Gasteiger partial charge in [0.15, 0.2) is 0 Å². The average molecular weight is 228 g/mol. The minimum Gasteiger partial charge on any atom is -0.508 e. The molecule has 88 valence electrons. The highest BCUT2D eigenvalue weighted by atomic mass is 16.3. The molecule has 1 atom stereocenters. The summed E-state index contributed by atoms with van der Waals surface area (Å²) in [5.41, 5.74) is 2.23. The normalized spacial score (nSPS) is 12.3. The monoisotopic (exact) mass is 228 g/mol. The van der Waals surface area contributed by atoms with E-state index in [1.54, 1.807) is 18.3 Å². The number of benzene rings is 1. The van der Waals surface area contributed by atoms with Crippen LogP contribution in [0.5, 0.6) is 5.75 Å². The Labute approximate surface area is 101 Å². The number of phenolic OH excluding ortho intramolecular Hbond substituents is 1. The second-order valence-corrected chi connectivity index (χ2v) is 4.06. The van der Waals surface area contributed by atoms with Crippen molar-refractivity contribution in [1.82, 2.24) is 10.3 Å². The molecule has 0 spiro atoms. The number of pyridine rings is 1. The van der Waals surface area contributed by atoms with E-state index < -0.39 is 0 Å². The fraction of sp³-hybridized carbons (Fsp3) is 0.214. The average Bonchev–Trinajstić information content (AvgIpc) is 2.37. The summed E-state index contributed by atoms with van der Waals surface area (Å²) in [6, 6.07) is 11.5. The van der Waals surface area contributed by atoms with E-state index in [2.05, 4.69) is 17.2 Å². The van der Waals surface area contributed by atoms with Crippen LogP contribution in [0.1, 0.15) is 24.1 Å². The summed E-state index contributed by atoms with van der Waals surface area (Å²) in [6.07, 6.45) is 3.63. The topological polar surface area (TPSA) is 45.1 Å². The molecule has 1 unspecified atom stereocenters. The molecule has 17 heavy (non-hydrogen) atoms. The smallest absolute Gasteiger partial charge is 0.115 e. The molecule has 0 saturated heterocycles. The maximum absolute atomic E-state index is 9.36. The summed E-state index contributed by atoms with van der Waals surface area (Å²) in [4.78, 5) is 4.09. The van der Waals surface area contributed by atoms with Crippen molar-refractivity contribution in [2.75, 3.05) is 0 Å². The molecule has 0 aliphatic heterocycles. The van der Waals surface area contributed by atoms with Crippen LogP contribution in [-0.2, 0) is 6.54 Å². The van der Waals surface area contributed by atoms with Gasteiger partial charge in [-0.3, -0.25) is 4.98 Å². The molecule has 0 radical (unpaired) electrons. The van der Waals surface area contributed by atoms with Gasteiger partial charge in [0.25, 0.3) is 0 Å². The number of aromatic nitrogens is 1. The van der Waals surface area contributed by atoms with E-state index in [-0.39, 0.29) is 6.04 Å². The first-order valence-corrected chi connectivity index (χ1v) is 5.67. The van der Waals surface area contributed by atoms with Gasteiger partial charge in [-0.2, -0.15) is 0 Å². The second kappa shape index (κ2) is 5.46. The van der Waals surface area contributed by atoms with Crippen LogP contribution in [0.4, 0.5) is 0 Å². The van der Waals surface area contributed by atoms with Crippen LogP contribution in [0, 0.1) is 0 Å². The number of rotatable bonds is 4. The van der Waals surface area contributed by atoms with Crippen molar-refractivity contribution >= 4 is 0 Å². The Kier molecular flexibility index (Phi) is 3.73. The first kappa shape index (κ1) is 11.6. The predicted molar refractivity (Wildman–Crippen MR) is 67.6 cm³/mol. The van der Waals surface area contributed by atoms with Gasteiger partial charge in [-0.05, 0) is 36.2 Å². The molecule has 0 fully saturated rings. The Morgan fingerprint density at radius 2 is 2.18 bits per heavy atom. The molecule has 1 heterocycles. The molecule has 0 saturated carbocycles. The first-order chi connectivity index (χ1) is 8.25. The Morgan fingerprint density at radius 1 is 1.29 bits per heavy atom. The van der Waals surface area contributed by atoms with Gasteiger partial charge in [0.1, 0.15) is 5.75 Å². The first-order valence-electron chi connectivity index (χ1n) is 5.67. The molecular formula is C14H16N2O. The molecule has 2 aromatic rings. The zero-order chi connectivity index (χ0) is 12.1. The van der Waals surface area contributed by atoms with Crippen molar-refractivity contribution in [2.45, 2.75) is 19.5 Å². The van der Waals surface area contributed by atoms with E-state index in [1.165, 1.54) is 0 Å². The summed E-state index contributed by atoms with van der Waals surface area (Å²) in [6.45, 7) is 2.82. The standard InChI is InChI=1S/C14H16N2O/c1-11(13-5-3-7-15-10-13)16-9-12-4-2-6-14(17)8-12/h2-8,10-11,16-17H,9H2,1H3. The van der Waals surface area contributed by atoms with Gasteiger partial charge in [-0.1, -0.05) is 18.2 Å². The van der Waals surface area contributed by atoms with Crippen molar-refractivity contribution in [3.63, 3.8) is 0 Å². The lowest BCUT2D eigenvalue weighted by molar-refractivity contribution is 0.473. The van der Waals surface area contributed by atoms with Gasteiger partial charge in [0.05, 0.1) is 0 Å². The van der Waals surface area contributed by atoms with Crippen molar-refractivity contribution in [3.8, 4) is 5.75 Å². The number of aromatic hydroxyl groups is 1. The van der Waals surface area contributed by atoms with Gasteiger partial charge in [0.2, 0.25) is 0 Å². The minimum atomic E-state index is 0.242. The molecular weight excluding hydrogens is 212 g/mol. The molecule has 1 aromatic heterocycles. The number of hydrogen-bond acceptors (Lipinski definition) is 3. The van der Waals surface area contributed by atoms with Crippen LogP contribution in [0.15, 0.2) is 48.8 Å². The van der Waals surface area contributed by atoms with Gasteiger partial charge in [-0.15, -0.1) is 0 Å². The fourth-order valence-corrected chi connectivity index (χ4v) is 1.69. The van der Waals surface area contributed by atoms with E-state index in [9.17, 15) is 5.11 Å². The summed E-state index contributed by atoms with van der Waals surface area (Å²) >= 11 is 0. The number of hydrogen-bond donors (Lipinski definition) is 2. The third kappa shape index (κ3) is 3.29. The van der Waals surface area contributed by atoms with Gasteiger partial charge >= 0.3 is 0 Å². The molecule has 3 nitrogen and oxygen atoms in total. The van der Waals surface area contributed by atoms with Crippen molar-refractivity contribution in [2.24, 2.45) is 0 Å². The number of phenols is 1. The third-order valence-corrected chi connectivity index (χ3v) is 2.71. The molecule has 0 amide bonds. The van der Waals surface area contributed by atoms with Crippen LogP contribution in [-0.4, -0.2) is 10.1 Å². The predicted octanol–water partition coefficient (Wildman–Crippen LogP) is 2.64. The van der Waals surface area contributed by atoms with Crippen LogP contribution in [0.3, 0.4) is 0 Å². The second-order valence-electron chi connectivity index (χ2n) is 4.06. The zero-order valence-corrected chi connectivity index (χ0v) is 9.80. The summed E-state index contributed by atoms with van der Waals surface area (Å²) in [7, 11) is 0. The molecule has 2 N–H and O–H groups in total. The lowest BCUT2D eigenvalue weighted by Crippen LogP contribution is -2.18. The molecule has 1 aromatic carbocycles. The van der Waals surface area contributed by atoms with E-state index >= 15 is 0 Å². The molecule has 2 rings (SSSR count). The van der Waals surface area contributed by atoms with E-state index in [4.69, 9.17) is 0 Å². The Morgan fingerprint density at radius 3 is 2.88 bits per heavy atom. The van der Waals surface area contributed by atoms with E-state index in [1.807, 2.05) is 30.5 Å². The summed E-state index contributed by atoms with van der Waals surface area (Å²) in [5, 5.41) is 12.7. The third-order valence-electron chi connectivity index (χ3n) is 2.71. The fourth-order valence-electron chi connectivity index (χ4n) is 1.69. The van der Waals surface area contributed by atoms with Gasteiger partial charge in [0, 0.05) is 25.0 Å². The van der Waals surface area contributed by atoms with Crippen molar-refractivity contribution < 1.29 is 5.11 Å². The highest BCUT2D eigenvalue weighted by Gasteiger charge is 2.04. The maximum atomic E-state index is 9.36. The van der Waals surface area contributed by atoms with Crippen LogP contribution in [0.2, 0.25) is 0 Å². The van der Waals surface area contributed by atoms with Crippen molar-refractivity contribution in [3.05, 3.63) is 59.9 Å². The summed E-state index contributed by atoms with van der Waals surface area (Å²) in [5.74, 6) is 0.304. The van der Waals surface area contributed by atoms with Crippen LogP contribution >= 0.6 is 0 Å². The highest BCUT2D eigenvalue weighted by Crippen LogP contribution is 2.14. The van der Waals surface area contributed by atoms with Crippen LogP contribution < -0.4 is 5.32 Å². The Hall–Kier alpha value is -1.87. The quantitative estimate of drug-likeness (QED) is 0.845. The Balaban J connectivity index is 1.95. The van der Waals surface area contributed by atoms with Gasteiger partial charge in [-0.25, -0.2) is 0 Å². The molecule has 3 heteroatoms. The highest BCUT2D eigenvalue weighted by molar-refractivity contribution is 5.27. The maximum Gasteiger partial charge on any atom is 0.115 e. The molecule has 0 aliphatic carbocycles. The van der Waals surface area contributed by atoms with Gasteiger partial charge < -0.3 is 10.4 Å². The lowest BCUT2D eigenvalue weighted by atomic mass is 10.1. The Bertz CT molecular complexity index is 471. The van der Waals surface area contributed by atoms with E-state index in [0.29, 0.717) is 5.75 Å².